The van der Waals surface area contributed by atoms with Crippen LogP contribution in [-0.2, 0) is 45.3 Å². The molecular formula is C27H51N6O4P. The summed E-state index contributed by atoms with van der Waals surface area (Å²) in [6, 6.07) is 0. The number of unbranched alkanes of at least 4 members (excludes halogenated alkanes) is 3. The Labute approximate surface area is 230 Å². The summed E-state index contributed by atoms with van der Waals surface area (Å²) >= 11 is 0. The number of hydrogen-bond acceptors (Lipinski definition) is 4. The van der Waals surface area contributed by atoms with Crippen molar-refractivity contribution in [3.63, 3.8) is 0 Å². The molecule has 0 unspecified atom stereocenters. The molecule has 0 aliphatic rings. The number of phosphoric acid groups is 1. The molecular weight excluding hydrogens is 503 g/mol. The van der Waals surface area contributed by atoms with Crippen molar-refractivity contribution in [1.82, 2.24) is 13.7 Å². The molecule has 3 heterocycles. The van der Waals surface area contributed by atoms with Crippen molar-refractivity contribution in [2.24, 2.45) is 21.1 Å². The molecule has 0 atom stereocenters. The first kappa shape index (κ1) is 35.7. The monoisotopic (exact) mass is 554 g/mol. The van der Waals surface area contributed by atoms with E-state index in [0.717, 1.165) is 19.6 Å². The van der Waals surface area contributed by atoms with Gasteiger partial charge in [0.15, 0.2) is 0 Å². The van der Waals surface area contributed by atoms with Gasteiger partial charge in [0, 0.05) is 20.8 Å². The van der Waals surface area contributed by atoms with Gasteiger partial charge in [-0.2, -0.15) is 7.82 Å². The molecule has 0 amide bonds. The summed E-state index contributed by atoms with van der Waals surface area (Å²) in [7, 11) is 0.855. The average Bonchev–Trinajstić information content (AvgIpc) is 3.47. The van der Waals surface area contributed by atoms with E-state index in [9.17, 15) is 0 Å². The lowest BCUT2D eigenvalue weighted by Gasteiger charge is -2.36. The van der Waals surface area contributed by atoms with Gasteiger partial charge in [-0.15, -0.1) is 0 Å². The minimum atomic E-state index is -5.39. The molecule has 0 aliphatic carbocycles. The minimum absolute atomic E-state index is 1.16. The third-order valence-corrected chi connectivity index (χ3v) is 6.45. The van der Waals surface area contributed by atoms with Gasteiger partial charge >= 0.3 is 0 Å². The van der Waals surface area contributed by atoms with E-state index < -0.39 is 7.82 Å². The molecule has 0 spiro atoms. The highest BCUT2D eigenvalue weighted by Gasteiger charge is 2.08. The molecule has 0 radical (unpaired) electrons. The number of aryl methyl sites for hydroxylation is 6. The molecule has 0 aromatic carbocycles. The molecule has 10 nitrogen and oxygen atoms in total. The van der Waals surface area contributed by atoms with Crippen LogP contribution < -0.4 is 28.4 Å². The Kier molecular flexibility index (Phi) is 17.8. The van der Waals surface area contributed by atoms with Crippen molar-refractivity contribution in [3.05, 3.63) is 54.7 Å². The standard InChI is InChI=1S/3C9H17N2.H3O4P/c3*1-4-5-6-11-8-7-10(3)9(11)2;1-5(2,3)4/h3*7-8H,4-6H2,1-3H3;(H3,1,2,3,4)/q3*+1;/p-3. The lowest BCUT2D eigenvalue weighted by molar-refractivity contribution is -0.702. The number of aromatic nitrogens is 6. The summed E-state index contributed by atoms with van der Waals surface area (Å²) in [5.74, 6) is 4.00. The van der Waals surface area contributed by atoms with Gasteiger partial charge < -0.3 is 19.2 Å². The molecule has 0 aliphatic heterocycles. The van der Waals surface area contributed by atoms with E-state index in [-0.39, 0.29) is 0 Å². The zero-order chi connectivity index (χ0) is 29.3. The van der Waals surface area contributed by atoms with Crippen LogP contribution in [0.1, 0.15) is 76.8 Å². The van der Waals surface area contributed by atoms with Crippen molar-refractivity contribution >= 4 is 7.82 Å². The SMILES string of the molecule is CCCC[n+]1ccn(C)c1C.CCCC[n+]1ccn(C)c1C.CCCC[n+]1ccn(C)c1C.O=P([O-])([O-])[O-]. The Morgan fingerprint density at radius 2 is 0.816 bits per heavy atom. The highest BCUT2D eigenvalue weighted by Crippen LogP contribution is 2.03. The van der Waals surface area contributed by atoms with Gasteiger partial charge in [-0.25, -0.2) is 27.4 Å². The van der Waals surface area contributed by atoms with Crippen LogP contribution in [0, 0.1) is 20.8 Å². The second kappa shape index (κ2) is 18.9. The fraction of sp³-hybridized carbons (Fsp3) is 0.667. The lowest BCUT2D eigenvalue weighted by Crippen LogP contribution is -2.35. The molecule has 3 aromatic heterocycles. The molecule has 38 heavy (non-hydrogen) atoms. The van der Waals surface area contributed by atoms with Crippen LogP contribution in [0.5, 0.6) is 0 Å². The fourth-order valence-corrected chi connectivity index (χ4v) is 3.49. The van der Waals surface area contributed by atoms with E-state index in [1.165, 1.54) is 56.0 Å². The Bertz CT molecular complexity index is 956. The molecule has 11 heteroatoms. The van der Waals surface area contributed by atoms with E-state index in [0.29, 0.717) is 0 Å². The van der Waals surface area contributed by atoms with Crippen molar-refractivity contribution < 1.29 is 32.9 Å². The molecule has 0 saturated heterocycles. The maximum atomic E-state index is 8.55. The summed E-state index contributed by atoms with van der Waals surface area (Å²) in [4.78, 5) is 25.6. The smallest absolute Gasteiger partial charge is 0.253 e. The Balaban J connectivity index is 0.000000497. The molecule has 3 aromatic rings. The summed E-state index contributed by atoms with van der Waals surface area (Å²) in [5, 5.41) is 0. The van der Waals surface area contributed by atoms with Crippen molar-refractivity contribution in [3.8, 4) is 0 Å². The third kappa shape index (κ3) is 15.2. The summed E-state index contributed by atoms with van der Waals surface area (Å²) in [6.07, 6.45) is 20.4. The number of rotatable bonds is 9. The summed E-state index contributed by atoms with van der Waals surface area (Å²) < 4.78 is 21.9. The van der Waals surface area contributed by atoms with Gasteiger partial charge in [-0.1, -0.05) is 40.0 Å². The van der Waals surface area contributed by atoms with Crippen LogP contribution in [0.4, 0.5) is 0 Å². The van der Waals surface area contributed by atoms with Crippen molar-refractivity contribution in [1.29, 1.82) is 0 Å². The second-order valence-electron chi connectivity index (χ2n) is 9.46. The number of nitrogens with zero attached hydrogens (tertiary/aromatic N) is 6. The maximum absolute atomic E-state index is 8.55. The van der Waals surface area contributed by atoms with Gasteiger partial charge in [0.1, 0.15) is 37.2 Å². The molecule has 218 valence electrons. The van der Waals surface area contributed by atoms with Crippen LogP contribution in [0.25, 0.3) is 0 Å². The molecule has 0 N–H and O–H groups in total. The number of hydrogen-bond donors (Lipinski definition) is 0. The first-order chi connectivity index (χ1) is 17.8. The molecule has 0 saturated carbocycles. The van der Waals surface area contributed by atoms with Gasteiger partial charge in [-0.3, -0.25) is 0 Å². The van der Waals surface area contributed by atoms with Crippen LogP contribution in [0.3, 0.4) is 0 Å². The maximum Gasteiger partial charge on any atom is 0.253 e. The van der Waals surface area contributed by atoms with E-state index in [1.807, 2.05) is 0 Å². The van der Waals surface area contributed by atoms with Crippen molar-refractivity contribution in [2.75, 3.05) is 0 Å². The minimum Gasteiger partial charge on any atom is -0.822 e. The van der Waals surface area contributed by atoms with Gasteiger partial charge in [-0.05, 0) is 19.3 Å². The highest BCUT2D eigenvalue weighted by molar-refractivity contribution is 7.40. The predicted octanol–water partition coefficient (Wildman–Crippen LogP) is 1.44. The van der Waals surface area contributed by atoms with Crippen LogP contribution in [0.15, 0.2) is 37.2 Å². The van der Waals surface area contributed by atoms with Gasteiger partial charge in [0.05, 0.1) is 40.8 Å². The van der Waals surface area contributed by atoms with Gasteiger partial charge in [0.2, 0.25) is 0 Å². The Morgan fingerprint density at radius 3 is 0.947 bits per heavy atom. The second-order valence-corrected chi connectivity index (χ2v) is 10.4. The molecule has 0 bridgehead atoms. The quantitative estimate of drug-likeness (QED) is 0.294. The number of imidazole rings is 3. The van der Waals surface area contributed by atoms with E-state index >= 15 is 0 Å². The van der Waals surface area contributed by atoms with E-state index in [1.54, 1.807) is 0 Å². The van der Waals surface area contributed by atoms with Crippen LogP contribution in [-0.4, -0.2) is 13.7 Å². The average molecular weight is 555 g/mol. The van der Waals surface area contributed by atoms with Crippen LogP contribution in [0.2, 0.25) is 0 Å². The van der Waals surface area contributed by atoms with Crippen LogP contribution >= 0.6 is 7.82 Å². The molecule has 3 rings (SSSR count). The predicted molar refractivity (Wildman–Crippen MR) is 143 cm³/mol. The van der Waals surface area contributed by atoms with E-state index in [4.69, 9.17) is 19.2 Å². The Morgan fingerprint density at radius 1 is 0.605 bits per heavy atom. The topological polar surface area (TPSA) is 113 Å². The molecule has 0 fully saturated rings. The lowest BCUT2D eigenvalue weighted by atomic mass is 10.3. The zero-order valence-electron chi connectivity index (χ0n) is 25.1. The van der Waals surface area contributed by atoms with E-state index in [2.05, 4.69) is 127 Å². The largest absolute Gasteiger partial charge is 0.822 e. The van der Waals surface area contributed by atoms with Crippen molar-refractivity contribution in [2.45, 2.75) is 99.7 Å². The first-order valence-electron chi connectivity index (χ1n) is 13.5. The normalized spacial score (nSPS) is 10.6. The van der Waals surface area contributed by atoms with Gasteiger partial charge in [0.25, 0.3) is 17.5 Å². The zero-order valence-corrected chi connectivity index (χ0v) is 26.0. The highest BCUT2D eigenvalue weighted by atomic mass is 31.2. The Hall–Kier alpha value is -2.26. The fourth-order valence-electron chi connectivity index (χ4n) is 3.49. The first-order valence-corrected chi connectivity index (χ1v) is 15.0. The summed E-state index contributed by atoms with van der Waals surface area (Å²) in [5.41, 5.74) is 0. The summed E-state index contributed by atoms with van der Waals surface area (Å²) in [6.45, 7) is 16.6. The third-order valence-electron chi connectivity index (χ3n) is 6.45.